The maximum Gasteiger partial charge on any atom is 0.416 e. The van der Waals surface area contributed by atoms with E-state index >= 15 is 0 Å². The highest BCUT2D eigenvalue weighted by Crippen LogP contribution is 2.31. The summed E-state index contributed by atoms with van der Waals surface area (Å²) in [5.41, 5.74) is -1.75. The second kappa shape index (κ2) is 5.53. The number of carbonyl (C=O) groups is 1. The zero-order valence-electron chi connectivity index (χ0n) is 11.3. The van der Waals surface area contributed by atoms with E-state index < -0.39 is 29.2 Å². The van der Waals surface area contributed by atoms with E-state index in [9.17, 15) is 18.0 Å². The minimum absolute atomic E-state index is 0.0309. The molecule has 0 aromatic heterocycles. The second-order valence-electron chi connectivity index (χ2n) is 5.22. The molecule has 0 aliphatic heterocycles. The summed E-state index contributed by atoms with van der Waals surface area (Å²) in [6.45, 7) is 4.85. The Morgan fingerprint density at radius 2 is 1.90 bits per heavy atom. The number of hydrogen-bond acceptors (Lipinski definition) is 3. The van der Waals surface area contributed by atoms with Crippen LogP contribution >= 0.6 is 0 Å². The number of nitrogens with zero attached hydrogens (tertiary/aromatic N) is 1. The molecule has 0 saturated heterocycles. The number of carbonyl (C=O) groups excluding carboxylic acids is 1. The van der Waals surface area contributed by atoms with Crippen molar-refractivity contribution in [3.8, 4) is 6.07 Å². The number of nitriles is 1. The van der Waals surface area contributed by atoms with Gasteiger partial charge in [-0.15, -0.1) is 0 Å². The van der Waals surface area contributed by atoms with Gasteiger partial charge < -0.3 is 4.74 Å². The third-order valence-corrected chi connectivity index (χ3v) is 2.32. The van der Waals surface area contributed by atoms with E-state index in [0.29, 0.717) is 0 Å². The molecule has 0 bridgehead atoms. The first-order chi connectivity index (χ1) is 9.04. The lowest BCUT2D eigenvalue weighted by atomic mass is 9.98. The van der Waals surface area contributed by atoms with Gasteiger partial charge in [0.15, 0.2) is 5.92 Å². The van der Waals surface area contributed by atoms with Crippen molar-refractivity contribution in [1.29, 1.82) is 5.26 Å². The molecule has 0 aliphatic carbocycles. The lowest BCUT2D eigenvalue weighted by molar-refractivity contribution is -0.155. The maximum atomic E-state index is 12.6. The molecule has 6 heteroatoms. The molecule has 0 radical (unpaired) electrons. The fraction of sp³-hybridized carbons (Fsp3) is 0.429. The van der Waals surface area contributed by atoms with Crippen LogP contribution < -0.4 is 0 Å². The van der Waals surface area contributed by atoms with Crippen LogP contribution in [-0.2, 0) is 15.7 Å². The maximum absolute atomic E-state index is 12.6. The lowest BCUT2D eigenvalue weighted by Gasteiger charge is -2.21. The number of benzene rings is 1. The summed E-state index contributed by atoms with van der Waals surface area (Å²) in [4.78, 5) is 11.8. The fourth-order valence-electron chi connectivity index (χ4n) is 1.52. The third kappa shape index (κ3) is 4.26. The molecule has 3 nitrogen and oxygen atoms in total. The van der Waals surface area contributed by atoms with Gasteiger partial charge in [0.1, 0.15) is 5.60 Å². The third-order valence-electron chi connectivity index (χ3n) is 2.32. The normalized spacial score (nSPS) is 13.4. The second-order valence-corrected chi connectivity index (χ2v) is 5.22. The van der Waals surface area contributed by atoms with Gasteiger partial charge in [-0.3, -0.25) is 4.79 Å². The SMILES string of the molecule is CC(C)(C)OC(=O)C(C#N)c1cccc(C(F)(F)F)c1. The standard InChI is InChI=1S/C14H14F3NO2/c1-13(2,3)20-12(19)11(8-18)9-5-4-6-10(7-9)14(15,16)17/h4-7,11H,1-3H3. The van der Waals surface area contributed by atoms with Crippen molar-refractivity contribution in [2.24, 2.45) is 0 Å². The van der Waals surface area contributed by atoms with Crippen LogP contribution in [0.2, 0.25) is 0 Å². The molecule has 1 unspecified atom stereocenters. The van der Waals surface area contributed by atoms with Crippen molar-refractivity contribution in [2.75, 3.05) is 0 Å². The van der Waals surface area contributed by atoms with E-state index in [2.05, 4.69) is 0 Å². The van der Waals surface area contributed by atoms with Crippen molar-refractivity contribution < 1.29 is 22.7 Å². The minimum Gasteiger partial charge on any atom is -0.459 e. The molecule has 0 saturated carbocycles. The van der Waals surface area contributed by atoms with Gasteiger partial charge in [-0.2, -0.15) is 18.4 Å². The summed E-state index contributed by atoms with van der Waals surface area (Å²) in [5, 5.41) is 9.01. The van der Waals surface area contributed by atoms with E-state index in [1.165, 1.54) is 6.07 Å². The molecular formula is C14H14F3NO2. The highest BCUT2D eigenvalue weighted by molar-refractivity contribution is 5.81. The number of alkyl halides is 3. The fourth-order valence-corrected chi connectivity index (χ4v) is 1.52. The topological polar surface area (TPSA) is 50.1 Å². The predicted octanol–water partition coefficient (Wildman–Crippen LogP) is 3.65. The number of hydrogen-bond donors (Lipinski definition) is 0. The smallest absolute Gasteiger partial charge is 0.416 e. The van der Waals surface area contributed by atoms with Crippen LogP contribution in [0.5, 0.6) is 0 Å². The van der Waals surface area contributed by atoms with Crippen LogP contribution in [0.15, 0.2) is 24.3 Å². The first-order valence-corrected chi connectivity index (χ1v) is 5.84. The van der Waals surface area contributed by atoms with Crippen LogP contribution in [0, 0.1) is 11.3 Å². The van der Waals surface area contributed by atoms with Crippen LogP contribution in [0.1, 0.15) is 37.8 Å². The first-order valence-electron chi connectivity index (χ1n) is 5.84. The van der Waals surface area contributed by atoms with Gasteiger partial charge >= 0.3 is 12.1 Å². The van der Waals surface area contributed by atoms with Gasteiger partial charge in [-0.25, -0.2) is 0 Å². The van der Waals surface area contributed by atoms with E-state index in [1.54, 1.807) is 26.8 Å². The van der Waals surface area contributed by atoms with Crippen molar-refractivity contribution in [3.63, 3.8) is 0 Å². The van der Waals surface area contributed by atoms with Gasteiger partial charge in [-0.1, -0.05) is 12.1 Å². The van der Waals surface area contributed by atoms with E-state index in [1.807, 2.05) is 0 Å². The molecule has 1 atom stereocenters. The molecular weight excluding hydrogens is 271 g/mol. The molecule has 108 valence electrons. The zero-order valence-corrected chi connectivity index (χ0v) is 11.3. The molecule has 0 fully saturated rings. The summed E-state index contributed by atoms with van der Waals surface area (Å²) < 4.78 is 42.9. The Balaban J connectivity index is 3.09. The molecule has 0 aliphatic rings. The first kappa shape index (κ1) is 16.0. The highest BCUT2D eigenvalue weighted by Gasteiger charge is 2.33. The Labute approximate surface area is 115 Å². The Kier molecular flexibility index (Phi) is 4.43. The van der Waals surface area contributed by atoms with Gasteiger partial charge in [0, 0.05) is 0 Å². The van der Waals surface area contributed by atoms with Crippen molar-refractivity contribution >= 4 is 5.97 Å². The van der Waals surface area contributed by atoms with Gasteiger partial charge in [0.25, 0.3) is 0 Å². The van der Waals surface area contributed by atoms with E-state index in [-0.39, 0.29) is 5.56 Å². The Morgan fingerprint density at radius 1 is 1.30 bits per heavy atom. The molecule has 20 heavy (non-hydrogen) atoms. The average molecular weight is 285 g/mol. The zero-order chi connectivity index (χ0) is 15.6. The highest BCUT2D eigenvalue weighted by atomic mass is 19.4. The summed E-state index contributed by atoms with van der Waals surface area (Å²) in [7, 11) is 0. The van der Waals surface area contributed by atoms with Crippen molar-refractivity contribution in [1.82, 2.24) is 0 Å². The summed E-state index contributed by atoms with van der Waals surface area (Å²) in [6.07, 6.45) is -4.52. The molecule has 1 rings (SSSR count). The van der Waals surface area contributed by atoms with Crippen LogP contribution in [0.25, 0.3) is 0 Å². The Hall–Kier alpha value is -2.03. The molecule has 0 heterocycles. The van der Waals surface area contributed by atoms with Gasteiger partial charge in [0.05, 0.1) is 11.6 Å². The molecule has 0 N–H and O–H groups in total. The Morgan fingerprint density at radius 3 is 2.35 bits per heavy atom. The molecule has 1 aromatic carbocycles. The summed E-state index contributed by atoms with van der Waals surface area (Å²) >= 11 is 0. The molecule has 0 amide bonds. The molecule has 1 aromatic rings. The largest absolute Gasteiger partial charge is 0.459 e. The predicted molar refractivity (Wildman–Crippen MR) is 65.6 cm³/mol. The van der Waals surface area contributed by atoms with Crippen LogP contribution in [0.4, 0.5) is 13.2 Å². The van der Waals surface area contributed by atoms with Crippen LogP contribution in [-0.4, -0.2) is 11.6 Å². The molecule has 0 spiro atoms. The van der Waals surface area contributed by atoms with Gasteiger partial charge in [0.2, 0.25) is 0 Å². The number of ether oxygens (including phenoxy) is 1. The number of esters is 1. The average Bonchev–Trinajstić information content (AvgIpc) is 2.26. The number of halogens is 3. The Bertz CT molecular complexity index is 539. The minimum atomic E-state index is -4.52. The van der Waals surface area contributed by atoms with Crippen molar-refractivity contribution in [3.05, 3.63) is 35.4 Å². The van der Waals surface area contributed by atoms with E-state index in [4.69, 9.17) is 10.00 Å². The quantitative estimate of drug-likeness (QED) is 0.779. The summed E-state index contributed by atoms with van der Waals surface area (Å²) in [6, 6.07) is 5.81. The van der Waals surface area contributed by atoms with Crippen molar-refractivity contribution in [2.45, 2.75) is 38.5 Å². The van der Waals surface area contributed by atoms with Gasteiger partial charge in [-0.05, 0) is 38.5 Å². The lowest BCUT2D eigenvalue weighted by Crippen LogP contribution is -2.27. The van der Waals surface area contributed by atoms with E-state index in [0.717, 1.165) is 18.2 Å². The number of rotatable bonds is 2. The van der Waals surface area contributed by atoms with Crippen LogP contribution in [0.3, 0.4) is 0 Å². The summed E-state index contributed by atoms with van der Waals surface area (Å²) in [5.74, 6) is -2.24. The monoisotopic (exact) mass is 285 g/mol.